The maximum Gasteiger partial charge on any atom is 0.194 e. The largest absolute Gasteiger partial charge is 0.376 e. The van der Waals surface area contributed by atoms with Crippen molar-refractivity contribution in [3.05, 3.63) is 95.8 Å². The van der Waals surface area contributed by atoms with Crippen LogP contribution < -0.4 is 0 Å². The number of para-hydroxylation sites is 1. The van der Waals surface area contributed by atoms with Crippen molar-refractivity contribution < 1.29 is 17.9 Å². The lowest BCUT2D eigenvalue weighted by atomic mass is 10.0. The number of pyridine rings is 1. The molecule has 0 bridgehead atoms. The van der Waals surface area contributed by atoms with Crippen LogP contribution in [-0.2, 0) is 17.0 Å². The molecule has 9 heteroatoms. The molecule has 1 saturated heterocycles. The molecule has 192 valence electrons. The van der Waals surface area contributed by atoms with E-state index in [1.54, 1.807) is 0 Å². The van der Waals surface area contributed by atoms with Gasteiger partial charge < -0.3 is 4.74 Å². The Morgan fingerprint density at radius 2 is 1.74 bits per heavy atom. The molecule has 2 aromatic heterocycles. The molecule has 1 fully saturated rings. The Balaban J connectivity index is 1.44. The average molecular weight is 533 g/mol. The average Bonchev–Trinajstić information content (AvgIpc) is 3.62. The number of benzene rings is 3. The summed E-state index contributed by atoms with van der Waals surface area (Å²) in [6, 6.07) is 22.0. The second-order valence-electron chi connectivity index (χ2n) is 9.11. The first kappa shape index (κ1) is 24.6. The van der Waals surface area contributed by atoms with Gasteiger partial charge in [0, 0.05) is 34.4 Å². The Hall–Kier alpha value is -3.69. The van der Waals surface area contributed by atoms with Gasteiger partial charge in [-0.3, -0.25) is 4.57 Å². The van der Waals surface area contributed by atoms with Gasteiger partial charge in [0.2, 0.25) is 0 Å². The van der Waals surface area contributed by atoms with E-state index in [9.17, 15) is 13.2 Å². The first-order valence-electron chi connectivity index (χ1n) is 12.3. The van der Waals surface area contributed by atoms with E-state index in [4.69, 9.17) is 9.72 Å². The van der Waals surface area contributed by atoms with Crippen LogP contribution in [0.4, 0.5) is 13.2 Å². The first-order chi connectivity index (χ1) is 18.6. The van der Waals surface area contributed by atoms with E-state index in [1.165, 1.54) is 17.8 Å². The molecule has 0 amide bonds. The standard InChI is InChI=1S/C29H23F3N4OS/c30-23-13-12-19(26(31)27(23)32)17-38-29-35-34-28(36(29)16-20-9-6-14-37-20)22-15-25(18-7-2-1-3-8-18)33-24-11-5-4-10-21(22)24/h1-5,7-8,10-13,15,20H,6,9,14,16-17H2/t20-/m0/s1. The van der Waals surface area contributed by atoms with Crippen LogP contribution in [0.3, 0.4) is 0 Å². The second kappa shape index (κ2) is 10.6. The van der Waals surface area contributed by atoms with Gasteiger partial charge in [0.05, 0.1) is 23.9 Å². The van der Waals surface area contributed by atoms with Crippen molar-refractivity contribution in [3.8, 4) is 22.6 Å². The van der Waals surface area contributed by atoms with Crippen molar-refractivity contribution in [1.29, 1.82) is 0 Å². The van der Waals surface area contributed by atoms with Crippen LogP contribution in [0.1, 0.15) is 18.4 Å². The maximum atomic E-state index is 14.3. The Labute approximate surface area is 221 Å². The number of rotatable bonds is 7. The zero-order valence-corrected chi connectivity index (χ0v) is 21.1. The molecule has 5 nitrogen and oxygen atoms in total. The van der Waals surface area contributed by atoms with E-state index < -0.39 is 17.5 Å². The lowest BCUT2D eigenvalue weighted by Gasteiger charge is -2.16. The highest BCUT2D eigenvalue weighted by atomic mass is 32.2. The molecule has 3 aromatic carbocycles. The van der Waals surface area contributed by atoms with Crippen LogP contribution in [-0.4, -0.2) is 32.5 Å². The van der Waals surface area contributed by atoms with Crippen LogP contribution in [0.2, 0.25) is 0 Å². The van der Waals surface area contributed by atoms with Gasteiger partial charge in [-0.2, -0.15) is 0 Å². The molecule has 0 spiro atoms. The molecular weight excluding hydrogens is 509 g/mol. The summed E-state index contributed by atoms with van der Waals surface area (Å²) in [5, 5.41) is 10.5. The van der Waals surface area contributed by atoms with E-state index in [-0.39, 0.29) is 17.4 Å². The molecule has 3 heterocycles. The Bertz CT molecular complexity index is 1600. The number of hydrogen-bond donors (Lipinski definition) is 0. The van der Waals surface area contributed by atoms with Crippen molar-refractivity contribution in [2.45, 2.75) is 36.4 Å². The van der Waals surface area contributed by atoms with Crippen molar-refractivity contribution in [3.63, 3.8) is 0 Å². The normalized spacial score (nSPS) is 15.4. The maximum absolute atomic E-state index is 14.3. The summed E-state index contributed by atoms with van der Waals surface area (Å²) in [5.41, 5.74) is 3.54. The van der Waals surface area contributed by atoms with Crippen LogP contribution in [0.5, 0.6) is 0 Å². The number of halogens is 3. The minimum Gasteiger partial charge on any atom is -0.376 e. The van der Waals surface area contributed by atoms with Gasteiger partial charge in [0.15, 0.2) is 28.4 Å². The number of thioether (sulfide) groups is 1. The third-order valence-electron chi connectivity index (χ3n) is 6.63. The molecule has 1 atom stereocenters. The van der Waals surface area contributed by atoms with Gasteiger partial charge in [-0.15, -0.1) is 10.2 Å². The highest BCUT2D eigenvalue weighted by molar-refractivity contribution is 7.98. The molecule has 38 heavy (non-hydrogen) atoms. The summed E-state index contributed by atoms with van der Waals surface area (Å²) in [5.74, 6) is -3.15. The second-order valence-corrected chi connectivity index (χ2v) is 10.1. The first-order valence-corrected chi connectivity index (χ1v) is 13.3. The summed E-state index contributed by atoms with van der Waals surface area (Å²) in [6.45, 7) is 1.21. The van der Waals surface area contributed by atoms with Crippen LogP contribution in [0.25, 0.3) is 33.5 Å². The Morgan fingerprint density at radius 1 is 0.921 bits per heavy atom. The predicted octanol–water partition coefficient (Wildman–Crippen LogP) is 7.05. The topological polar surface area (TPSA) is 52.8 Å². The third-order valence-corrected chi connectivity index (χ3v) is 7.64. The molecule has 0 unspecified atom stereocenters. The SMILES string of the molecule is Fc1ccc(CSc2nnc(-c3cc(-c4ccccc4)nc4ccccc34)n2C[C@@H]2CCCO2)c(F)c1F. The summed E-state index contributed by atoms with van der Waals surface area (Å²) in [7, 11) is 0. The van der Waals surface area contributed by atoms with E-state index in [0.29, 0.717) is 24.1 Å². The third kappa shape index (κ3) is 4.79. The van der Waals surface area contributed by atoms with E-state index in [1.807, 2.05) is 65.2 Å². The smallest absolute Gasteiger partial charge is 0.194 e. The zero-order valence-electron chi connectivity index (χ0n) is 20.3. The van der Waals surface area contributed by atoms with Crippen molar-refractivity contribution in [2.75, 3.05) is 6.61 Å². The molecule has 1 aliphatic heterocycles. The van der Waals surface area contributed by atoms with Crippen LogP contribution in [0, 0.1) is 17.5 Å². The van der Waals surface area contributed by atoms with Gasteiger partial charge in [0.25, 0.3) is 0 Å². The highest BCUT2D eigenvalue weighted by Gasteiger charge is 2.24. The lowest BCUT2D eigenvalue weighted by Crippen LogP contribution is -2.17. The van der Waals surface area contributed by atoms with Crippen molar-refractivity contribution in [1.82, 2.24) is 19.7 Å². The minimum absolute atomic E-state index is 0.00852. The molecule has 0 aliphatic carbocycles. The molecule has 0 radical (unpaired) electrons. The predicted molar refractivity (Wildman–Crippen MR) is 141 cm³/mol. The molecule has 5 aromatic rings. The van der Waals surface area contributed by atoms with Crippen molar-refractivity contribution >= 4 is 22.7 Å². The highest BCUT2D eigenvalue weighted by Crippen LogP contribution is 2.35. The monoisotopic (exact) mass is 532 g/mol. The van der Waals surface area contributed by atoms with E-state index in [0.717, 1.165) is 46.6 Å². The molecule has 1 aliphatic rings. The summed E-state index contributed by atoms with van der Waals surface area (Å²) >= 11 is 1.22. The van der Waals surface area contributed by atoms with Crippen LogP contribution in [0.15, 0.2) is 78.0 Å². The Morgan fingerprint density at radius 3 is 2.55 bits per heavy atom. The van der Waals surface area contributed by atoms with E-state index >= 15 is 0 Å². The molecule has 6 rings (SSSR count). The number of aromatic nitrogens is 4. The molecule has 0 N–H and O–H groups in total. The van der Waals surface area contributed by atoms with Gasteiger partial charge in [-0.1, -0.05) is 66.4 Å². The summed E-state index contributed by atoms with van der Waals surface area (Å²) < 4.78 is 49.5. The van der Waals surface area contributed by atoms with Gasteiger partial charge in [-0.05, 0) is 31.0 Å². The van der Waals surface area contributed by atoms with Gasteiger partial charge in [-0.25, -0.2) is 18.2 Å². The quantitative estimate of drug-likeness (QED) is 0.166. The fourth-order valence-corrected chi connectivity index (χ4v) is 5.61. The Kier molecular flexibility index (Phi) is 6.86. The van der Waals surface area contributed by atoms with Crippen molar-refractivity contribution in [2.24, 2.45) is 0 Å². The fourth-order valence-electron chi connectivity index (χ4n) is 4.69. The van der Waals surface area contributed by atoms with Gasteiger partial charge in [0.1, 0.15) is 0 Å². The fraction of sp³-hybridized carbons (Fsp3) is 0.207. The number of ether oxygens (including phenoxy) is 1. The number of fused-ring (bicyclic) bond motifs is 1. The summed E-state index contributed by atoms with van der Waals surface area (Å²) in [4.78, 5) is 4.88. The molecular formula is C29H23F3N4OS. The van der Waals surface area contributed by atoms with Gasteiger partial charge >= 0.3 is 0 Å². The number of hydrogen-bond acceptors (Lipinski definition) is 5. The zero-order chi connectivity index (χ0) is 26.1. The van der Waals surface area contributed by atoms with Crippen LogP contribution >= 0.6 is 11.8 Å². The number of nitrogens with zero attached hydrogens (tertiary/aromatic N) is 4. The summed E-state index contributed by atoms with van der Waals surface area (Å²) in [6.07, 6.45) is 1.87. The minimum atomic E-state index is -1.47. The molecule has 0 saturated carbocycles. The lowest BCUT2D eigenvalue weighted by molar-refractivity contribution is 0.0953. The van der Waals surface area contributed by atoms with E-state index in [2.05, 4.69) is 10.2 Å².